The van der Waals surface area contributed by atoms with Gasteiger partial charge in [-0.3, -0.25) is 4.79 Å². The van der Waals surface area contributed by atoms with Gasteiger partial charge in [0.25, 0.3) is 6.43 Å². The van der Waals surface area contributed by atoms with Crippen LogP contribution in [0.5, 0.6) is 0 Å². The number of carboxylic acid groups (broad SMARTS) is 1. The van der Waals surface area contributed by atoms with Crippen molar-refractivity contribution < 1.29 is 27.9 Å². The number of hydrogen-bond donors (Lipinski definition) is 1. The fourth-order valence-electron chi connectivity index (χ4n) is 2.39. The average Bonchev–Trinajstić information content (AvgIpc) is 2.71. The van der Waals surface area contributed by atoms with Crippen LogP contribution in [0.15, 0.2) is 4.52 Å². The van der Waals surface area contributed by atoms with Gasteiger partial charge in [0.2, 0.25) is 5.89 Å². The monoisotopic (exact) mass is 290 g/mol. The van der Waals surface area contributed by atoms with Crippen LogP contribution in [0.25, 0.3) is 0 Å². The fraction of sp³-hybridized carbons (Fsp3) is 0.750. The summed E-state index contributed by atoms with van der Waals surface area (Å²) in [7, 11) is 0. The minimum absolute atomic E-state index is 0.0692. The number of ether oxygens (including phenoxy) is 1. The number of alkyl halides is 2. The van der Waals surface area contributed by atoms with Crippen LogP contribution in [0.3, 0.4) is 0 Å². The van der Waals surface area contributed by atoms with E-state index in [2.05, 4.69) is 10.1 Å². The van der Waals surface area contributed by atoms with E-state index in [9.17, 15) is 13.6 Å². The van der Waals surface area contributed by atoms with E-state index in [1.165, 1.54) is 0 Å². The Bertz CT molecular complexity index is 490. The number of rotatable bonds is 7. The Hall–Kier alpha value is -1.57. The van der Waals surface area contributed by atoms with E-state index >= 15 is 0 Å². The van der Waals surface area contributed by atoms with Crippen molar-refractivity contribution in [2.45, 2.75) is 32.6 Å². The Kier molecular flexibility index (Phi) is 4.03. The summed E-state index contributed by atoms with van der Waals surface area (Å²) >= 11 is 0. The van der Waals surface area contributed by atoms with Crippen LogP contribution in [0.2, 0.25) is 0 Å². The molecule has 112 valence electrons. The first-order valence-corrected chi connectivity index (χ1v) is 6.25. The van der Waals surface area contributed by atoms with Crippen LogP contribution >= 0.6 is 0 Å². The summed E-state index contributed by atoms with van der Waals surface area (Å²) < 4.78 is 33.5. The van der Waals surface area contributed by atoms with Crippen LogP contribution in [-0.4, -0.2) is 40.9 Å². The molecule has 1 aliphatic carbocycles. The number of carbonyl (C=O) groups is 1. The van der Waals surface area contributed by atoms with E-state index in [0.29, 0.717) is 5.82 Å². The van der Waals surface area contributed by atoms with Gasteiger partial charge in [0.1, 0.15) is 6.61 Å². The molecular weight excluding hydrogens is 274 g/mol. The van der Waals surface area contributed by atoms with Crippen molar-refractivity contribution in [1.82, 2.24) is 10.1 Å². The smallest absolute Gasteiger partial charge is 0.307 e. The highest BCUT2D eigenvalue weighted by Gasteiger charge is 2.65. The van der Waals surface area contributed by atoms with Gasteiger partial charge in [0.15, 0.2) is 5.82 Å². The Morgan fingerprint density at radius 3 is 2.80 bits per heavy atom. The molecule has 0 spiro atoms. The third-order valence-electron chi connectivity index (χ3n) is 3.56. The summed E-state index contributed by atoms with van der Waals surface area (Å²) in [5, 5.41) is 12.8. The molecule has 1 saturated carbocycles. The lowest BCUT2D eigenvalue weighted by atomic mass is 10.1. The highest BCUT2D eigenvalue weighted by atomic mass is 19.3. The van der Waals surface area contributed by atoms with Crippen molar-refractivity contribution in [2.75, 3.05) is 13.2 Å². The van der Waals surface area contributed by atoms with Crippen LogP contribution in [0, 0.1) is 11.3 Å². The van der Waals surface area contributed by atoms with E-state index in [1.807, 2.05) is 13.8 Å². The molecule has 1 heterocycles. The minimum Gasteiger partial charge on any atom is -0.481 e. The largest absolute Gasteiger partial charge is 0.481 e. The zero-order chi connectivity index (χ0) is 14.9. The molecule has 8 heteroatoms. The lowest BCUT2D eigenvalue weighted by Gasteiger charge is -1.99. The van der Waals surface area contributed by atoms with Gasteiger partial charge in [0, 0.05) is 6.42 Å². The first-order chi connectivity index (χ1) is 9.34. The summed E-state index contributed by atoms with van der Waals surface area (Å²) in [4.78, 5) is 15.2. The standard InChI is InChI=1S/C12H16F2N2O4/c1-12(2)8(9(12)11(17)18)10-15-7(16-20-10)3-4-19-5-6(13)14/h6,8-9H,3-5H2,1-2H3,(H,17,18). The first-order valence-electron chi connectivity index (χ1n) is 6.25. The summed E-state index contributed by atoms with van der Waals surface area (Å²) in [6.45, 7) is 3.10. The first kappa shape index (κ1) is 14.8. The van der Waals surface area contributed by atoms with E-state index < -0.39 is 30.3 Å². The summed E-state index contributed by atoms with van der Waals surface area (Å²) in [6, 6.07) is 0. The quantitative estimate of drug-likeness (QED) is 0.769. The van der Waals surface area contributed by atoms with Gasteiger partial charge < -0.3 is 14.4 Å². The maximum Gasteiger partial charge on any atom is 0.307 e. The maximum atomic E-state index is 11.9. The summed E-state index contributed by atoms with van der Waals surface area (Å²) in [5.41, 5.74) is -0.415. The van der Waals surface area contributed by atoms with Gasteiger partial charge in [-0.2, -0.15) is 4.98 Å². The van der Waals surface area contributed by atoms with E-state index in [4.69, 9.17) is 14.4 Å². The number of nitrogens with zero attached hydrogens (tertiary/aromatic N) is 2. The predicted octanol–water partition coefficient (Wildman–Crippen LogP) is 1.72. The molecule has 2 rings (SSSR count). The van der Waals surface area contributed by atoms with Gasteiger partial charge in [-0.15, -0.1) is 0 Å². The molecule has 2 unspecified atom stereocenters. The SMILES string of the molecule is CC1(C)C(C(=O)O)C1c1nc(CCOCC(F)F)no1. The molecule has 0 bridgehead atoms. The number of carboxylic acids is 1. The molecule has 0 radical (unpaired) electrons. The normalized spacial score (nSPS) is 24.1. The van der Waals surface area contributed by atoms with Crippen LogP contribution < -0.4 is 0 Å². The highest BCUT2D eigenvalue weighted by Crippen LogP contribution is 2.63. The maximum absolute atomic E-state index is 11.9. The fourth-order valence-corrected chi connectivity index (χ4v) is 2.39. The number of hydrogen-bond acceptors (Lipinski definition) is 5. The lowest BCUT2D eigenvalue weighted by Crippen LogP contribution is -2.07. The number of aromatic nitrogens is 2. The third-order valence-corrected chi connectivity index (χ3v) is 3.56. The molecule has 6 nitrogen and oxygen atoms in total. The zero-order valence-corrected chi connectivity index (χ0v) is 11.2. The molecule has 0 aliphatic heterocycles. The molecule has 0 amide bonds. The second-order valence-electron chi connectivity index (χ2n) is 5.38. The van der Waals surface area contributed by atoms with Crippen molar-refractivity contribution >= 4 is 5.97 Å². The van der Waals surface area contributed by atoms with Crippen LogP contribution in [-0.2, 0) is 16.0 Å². The van der Waals surface area contributed by atoms with Crippen molar-refractivity contribution in [3.63, 3.8) is 0 Å². The van der Waals surface area contributed by atoms with Crippen molar-refractivity contribution in [3.05, 3.63) is 11.7 Å². The topological polar surface area (TPSA) is 85.5 Å². The molecule has 2 atom stereocenters. The molecule has 1 N–H and O–H groups in total. The Morgan fingerprint density at radius 2 is 2.25 bits per heavy atom. The van der Waals surface area contributed by atoms with Gasteiger partial charge in [-0.05, 0) is 5.41 Å². The molecule has 1 aliphatic rings. The second-order valence-corrected chi connectivity index (χ2v) is 5.38. The third kappa shape index (κ3) is 2.95. The molecule has 1 aromatic heterocycles. The Balaban J connectivity index is 1.89. The second kappa shape index (κ2) is 5.43. The van der Waals surface area contributed by atoms with Crippen LogP contribution in [0.1, 0.15) is 31.5 Å². The Morgan fingerprint density at radius 1 is 1.55 bits per heavy atom. The molecular formula is C12H16F2N2O4. The molecule has 20 heavy (non-hydrogen) atoms. The average molecular weight is 290 g/mol. The Labute approximate surface area is 114 Å². The molecule has 0 aromatic carbocycles. The number of halogens is 2. The van der Waals surface area contributed by atoms with Gasteiger partial charge in [0.05, 0.1) is 18.4 Å². The van der Waals surface area contributed by atoms with Crippen molar-refractivity contribution in [1.29, 1.82) is 0 Å². The molecule has 0 saturated heterocycles. The minimum atomic E-state index is -2.50. The summed E-state index contributed by atoms with van der Waals surface area (Å²) in [5.74, 6) is -1.11. The lowest BCUT2D eigenvalue weighted by molar-refractivity contribution is -0.139. The predicted molar refractivity (Wildman–Crippen MR) is 62.5 cm³/mol. The van der Waals surface area contributed by atoms with Gasteiger partial charge in [-0.1, -0.05) is 19.0 Å². The van der Waals surface area contributed by atoms with Gasteiger partial charge >= 0.3 is 5.97 Å². The van der Waals surface area contributed by atoms with Gasteiger partial charge in [-0.25, -0.2) is 8.78 Å². The molecule has 1 aromatic rings. The highest BCUT2D eigenvalue weighted by molar-refractivity contribution is 5.77. The van der Waals surface area contributed by atoms with E-state index in [-0.39, 0.29) is 24.8 Å². The van der Waals surface area contributed by atoms with E-state index in [0.717, 1.165) is 0 Å². The van der Waals surface area contributed by atoms with Crippen molar-refractivity contribution in [3.8, 4) is 0 Å². The van der Waals surface area contributed by atoms with Crippen LogP contribution in [0.4, 0.5) is 8.78 Å². The summed E-state index contributed by atoms with van der Waals surface area (Å²) in [6.07, 6.45) is -2.25. The number of aliphatic carboxylic acids is 1. The van der Waals surface area contributed by atoms with E-state index in [1.54, 1.807) is 0 Å². The van der Waals surface area contributed by atoms with Crippen molar-refractivity contribution in [2.24, 2.45) is 11.3 Å². The molecule has 1 fully saturated rings. The zero-order valence-electron chi connectivity index (χ0n) is 11.2.